The Balaban J connectivity index is 1.49. The standard InChI is InChI=1S/C19H22N4O/c24-18(20-12-11-15-7-3-1-4-8-15)16-13-21-19(22-14-16)23-17-9-5-2-6-10-17/h2,5-7,9-10,13-14H,1,3-4,8,11-12H2,(H,20,24)(H,21,22,23). The highest BCUT2D eigenvalue weighted by atomic mass is 16.1. The summed E-state index contributed by atoms with van der Waals surface area (Å²) in [6.07, 6.45) is 11.2. The minimum absolute atomic E-state index is 0.127. The molecule has 1 aliphatic carbocycles. The van der Waals surface area contributed by atoms with E-state index in [1.165, 1.54) is 31.3 Å². The van der Waals surface area contributed by atoms with E-state index < -0.39 is 0 Å². The zero-order chi connectivity index (χ0) is 16.6. The number of nitrogens with zero attached hydrogens (tertiary/aromatic N) is 2. The summed E-state index contributed by atoms with van der Waals surface area (Å²) in [6.45, 7) is 0.661. The van der Waals surface area contributed by atoms with Crippen molar-refractivity contribution >= 4 is 17.5 Å². The van der Waals surface area contributed by atoms with E-state index in [2.05, 4.69) is 26.7 Å². The van der Waals surface area contributed by atoms with Gasteiger partial charge in [-0.05, 0) is 44.2 Å². The zero-order valence-corrected chi connectivity index (χ0v) is 13.7. The van der Waals surface area contributed by atoms with E-state index in [0.717, 1.165) is 12.1 Å². The fourth-order valence-electron chi connectivity index (χ4n) is 2.73. The van der Waals surface area contributed by atoms with Crippen molar-refractivity contribution < 1.29 is 4.79 Å². The summed E-state index contributed by atoms with van der Waals surface area (Å²) in [6, 6.07) is 9.69. The molecule has 0 aliphatic heterocycles. The van der Waals surface area contributed by atoms with Gasteiger partial charge in [-0.2, -0.15) is 0 Å². The Morgan fingerprint density at radius 2 is 1.88 bits per heavy atom. The van der Waals surface area contributed by atoms with Crippen LogP contribution in [0, 0.1) is 0 Å². The third-order valence-electron chi connectivity index (χ3n) is 4.06. The predicted molar refractivity (Wildman–Crippen MR) is 95.3 cm³/mol. The number of hydrogen-bond acceptors (Lipinski definition) is 4. The Bertz CT molecular complexity index is 695. The topological polar surface area (TPSA) is 66.9 Å². The molecule has 0 saturated carbocycles. The molecular formula is C19H22N4O. The third kappa shape index (κ3) is 4.65. The van der Waals surface area contributed by atoms with Gasteiger partial charge in [-0.3, -0.25) is 4.79 Å². The van der Waals surface area contributed by atoms with E-state index >= 15 is 0 Å². The molecule has 1 aliphatic rings. The average molecular weight is 322 g/mol. The number of amides is 1. The van der Waals surface area contributed by atoms with Gasteiger partial charge in [0.15, 0.2) is 0 Å². The van der Waals surface area contributed by atoms with Gasteiger partial charge in [-0.1, -0.05) is 29.8 Å². The molecule has 0 unspecified atom stereocenters. The number of nitrogens with one attached hydrogen (secondary N) is 2. The average Bonchev–Trinajstić information content (AvgIpc) is 2.64. The molecule has 3 rings (SSSR count). The van der Waals surface area contributed by atoms with Gasteiger partial charge in [0.2, 0.25) is 5.95 Å². The minimum Gasteiger partial charge on any atom is -0.352 e. The minimum atomic E-state index is -0.127. The van der Waals surface area contributed by atoms with Gasteiger partial charge in [0, 0.05) is 24.6 Å². The highest BCUT2D eigenvalue weighted by Gasteiger charge is 2.08. The first kappa shape index (κ1) is 16.2. The number of rotatable bonds is 6. The van der Waals surface area contributed by atoms with Crippen molar-refractivity contribution in [2.75, 3.05) is 11.9 Å². The second-order valence-electron chi connectivity index (χ2n) is 5.90. The van der Waals surface area contributed by atoms with Gasteiger partial charge in [0.25, 0.3) is 5.91 Å². The Labute approximate surface area is 142 Å². The number of benzene rings is 1. The Hall–Kier alpha value is -2.69. The van der Waals surface area contributed by atoms with E-state index in [0.29, 0.717) is 18.1 Å². The molecule has 0 spiro atoms. The van der Waals surface area contributed by atoms with Crippen molar-refractivity contribution in [3.63, 3.8) is 0 Å². The van der Waals surface area contributed by atoms with Crippen molar-refractivity contribution in [3.8, 4) is 0 Å². The van der Waals surface area contributed by atoms with Crippen molar-refractivity contribution in [2.45, 2.75) is 32.1 Å². The highest BCUT2D eigenvalue weighted by Crippen LogP contribution is 2.19. The monoisotopic (exact) mass is 322 g/mol. The van der Waals surface area contributed by atoms with E-state index in [4.69, 9.17) is 0 Å². The number of aromatic nitrogens is 2. The number of para-hydroxylation sites is 1. The molecular weight excluding hydrogens is 300 g/mol. The molecule has 0 saturated heterocycles. The van der Waals surface area contributed by atoms with Crippen molar-refractivity contribution in [3.05, 3.63) is 59.9 Å². The lowest BCUT2D eigenvalue weighted by Gasteiger charge is -2.12. The molecule has 24 heavy (non-hydrogen) atoms. The third-order valence-corrected chi connectivity index (χ3v) is 4.06. The number of hydrogen-bond donors (Lipinski definition) is 2. The Morgan fingerprint density at radius 3 is 2.58 bits per heavy atom. The molecule has 0 atom stereocenters. The number of carbonyl (C=O) groups excluding carboxylic acids is 1. The van der Waals surface area contributed by atoms with Crippen LogP contribution in [0.5, 0.6) is 0 Å². The molecule has 1 aromatic carbocycles. The number of allylic oxidation sites excluding steroid dienone is 1. The second kappa shape index (κ2) is 8.24. The van der Waals surface area contributed by atoms with Crippen LogP contribution in [0.2, 0.25) is 0 Å². The second-order valence-corrected chi connectivity index (χ2v) is 5.90. The van der Waals surface area contributed by atoms with Gasteiger partial charge >= 0.3 is 0 Å². The summed E-state index contributed by atoms with van der Waals surface area (Å²) in [5, 5.41) is 6.03. The SMILES string of the molecule is O=C(NCCC1=CCCCC1)c1cnc(Nc2ccccc2)nc1. The van der Waals surface area contributed by atoms with E-state index in [9.17, 15) is 4.79 Å². The summed E-state index contributed by atoms with van der Waals surface area (Å²) in [7, 11) is 0. The van der Waals surface area contributed by atoms with Gasteiger partial charge in [-0.15, -0.1) is 0 Å². The van der Waals surface area contributed by atoms with Gasteiger partial charge < -0.3 is 10.6 Å². The van der Waals surface area contributed by atoms with Crippen molar-refractivity contribution in [1.82, 2.24) is 15.3 Å². The van der Waals surface area contributed by atoms with Crippen LogP contribution in [0.3, 0.4) is 0 Å². The van der Waals surface area contributed by atoms with Gasteiger partial charge in [-0.25, -0.2) is 9.97 Å². The number of anilines is 2. The van der Waals surface area contributed by atoms with Crippen LogP contribution >= 0.6 is 0 Å². The fourth-order valence-corrected chi connectivity index (χ4v) is 2.73. The normalized spacial score (nSPS) is 13.9. The van der Waals surface area contributed by atoms with Crippen LogP contribution in [-0.4, -0.2) is 22.4 Å². The number of carbonyl (C=O) groups is 1. The van der Waals surface area contributed by atoms with E-state index in [1.807, 2.05) is 30.3 Å². The van der Waals surface area contributed by atoms with Crippen LogP contribution in [-0.2, 0) is 0 Å². The molecule has 2 N–H and O–H groups in total. The Morgan fingerprint density at radius 1 is 1.08 bits per heavy atom. The molecule has 0 bridgehead atoms. The lowest BCUT2D eigenvalue weighted by atomic mass is 9.97. The van der Waals surface area contributed by atoms with Crippen LogP contribution in [0.1, 0.15) is 42.5 Å². The highest BCUT2D eigenvalue weighted by molar-refractivity contribution is 5.93. The molecule has 0 fully saturated rings. The van der Waals surface area contributed by atoms with Crippen LogP contribution in [0.15, 0.2) is 54.4 Å². The quantitative estimate of drug-likeness (QED) is 0.793. The maximum atomic E-state index is 12.1. The smallest absolute Gasteiger partial charge is 0.254 e. The first-order valence-electron chi connectivity index (χ1n) is 8.41. The first-order valence-corrected chi connectivity index (χ1v) is 8.41. The van der Waals surface area contributed by atoms with Crippen LogP contribution in [0.4, 0.5) is 11.6 Å². The Kier molecular flexibility index (Phi) is 5.56. The molecule has 1 heterocycles. The largest absolute Gasteiger partial charge is 0.352 e. The van der Waals surface area contributed by atoms with Crippen molar-refractivity contribution in [1.29, 1.82) is 0 Å². The maximum Gasteiger partial charge on any atom is 0.254 e. The first-order chi connectivity index (χ1) is 11.8. The molecule has 5 heteroatoms. The van der Waals surface area contributed by atoms with Crippen LogP contribution < -0.4 is 10.6 Å². The van der Waals surface area contributed by atoms with Crippen molar-refractivity contribution in [2.24, 2.45) is 0 Å². The predicted octanol–water partition coefficient (Wildman–Crippen LogP) is 3.84. The molecule has 124 valence electrons. The van der Waals surface area contributed by atoms with Gasteiger partial charge in [0.05, 0.1) is 5.56 Å². The summed E-state index contributed by atoms with van der Waals surface area (Å²) in [5.74, 6) is 0.350. The molecule has 2 aromatic rings. The summed E-state index contributed by atoms with van der Waals surface area (Å²) in [5.41, 5.74) is 2.85. The van der Waals surface area contributed by atoms with E-state index in [-0.39, 0.29) is 5.91 Å². The lowest BCUT2D eigenvalue weighted by molar-refractivity contribution is 0.0953. The molecule has 5 nitrogen and oxygen atoms in total. The molecule has 0 radical (unpaired) electrons. The fraction of sp³-hybridized carbons (Fsp3) is 0.316. The summed E-state index contributed by atoms with van der Waals surface area (Å²) in [4.78, 5) is 20.5. The lowest BCUT2D eigenvalue weighted by Crippen LogP contribution is -2.25. The van der Waals surface area contributed by atoms with Crippen LogP contribution in [0.25, 0.3) is 0 Å². The van der Waals surface area contributed by atoms with Gasteiger partial charge in [0.1, 0.15) is 0 Å². The zero-order valence-electron chi connectivity index (χ0n) is 13.7. The van der Waals surface area contributed by atoms with E-state index in [1.54, 1.807) is 12.4 Å². The summed E-state index contributed by atoms with van der Waals surface area (Å²) >= 11 is 0. The maximum absolute atomic E-state index is 12.1. The molecule has 1 amide bonds. The summed E-state index contributed by atoms with van der Waals surface area (Å²) < 4.78 is 0. The molecule has 1 aromatic heterocycles.